The Bertz CT molecular complexity index is 327. The van der Waals surface area contributed by atoms with Gasteiger partial charge in [-0.05, 0) is 32.1 Å². The lowest BCUT2D eigenvalue weighted by Gasteiger charge is -2.35. The zero-order valence-corrected chi connectivity index (χ0v) is 11.9. The van der Waals surface area contributed by atoms with E-state index in [2.05, 4.69) is 6.92 Å². The van der Waals surface area contributed by atoms with Crippen molar-refractivity contribution in [1.29, 1.82) is 0 Å². The summed E-state index contributed by atoms with van der Waals surface area (Å²) in [5, 5.41) is 9.35. The molecular weight excluding hydrogens is 230 g/mol. The molecule has 1 heterocycles. The summed E-state index contributed by atoms with van der Waals surface area (Å²) in [6, 6.07) is 0. The highest BCUT2D eigenvalue weighted by Gasteiger charge is 2.47. The van der Waals surface area contributed by atoms with Crippen LogP contribution in [0.3, 0.4) is 0 Å². The number of nitrogens with zero attached hydrogens (tertiary/aromatic N) is 1. The lowest BCUT2D eigenvalue weighted by Crippen LogP contribution is -2.53. The third-order valence-electron chi connectivity index (χ3n) is 4.09. The van der Waals surface area contributed by atoms with E-state index in [0.717, 1.165) is 19.3 Å². The number of rotatable bonds is 5. The van der Waals surface area contributed by atoms with Crippen LogP contribution in [-0.2, 0) is 9.59 Å². The van der Waals surface area contributed by atoms with Crippen LogP contribution in [0, 0.1) is 11.8 Å². The van der Waals surface area contributed by atoms with Gasteiger partial charge in [0.05, 0.1) is 0 Å². The van der Waals surface area contributed by atoms with E-state index >= 15 is 0 Å². The number of amides is 1. The molecule has 1 aliphatic rings. The molecule has 0 aliphatic carbocycles. The largest absolute Gasteiger partial charge is 0.480 e. The van der Waals surface area contributed by atoms with Gasteiger partial charge in [0.1, 0.15) is 5.54 Å². The van der Waals surface area contributed by atoms with Gasteiger partial charge in [0, 0.05) is 12.5 Å². The number of hydrogen-bond acceptors (Lipinski definition) is 2. The fourth-order valence-electron chi connectivity index (χ4n) is 2.79. The van der Waals surface area contributed by atoms with E-state index in [9.17, 15) is 14.7 Å². The molecule has 0 saturated carbocycles. The van der Waals surface area contributed by atoms with Crippen molar-refractivity contribution >= 4 is 11.9 Å². The van der Waals surface area contributed by atoms with E-state index in [0.29, 0.717) is 13.0 Å². The molecule has 1 N–H and O–H groups in total. The van der Waals surface area contributed by atoms with Gasteiger partial charge in [-0.1, -0.05) is 27.2 Å². The smallest absolute Gasteiger partial charge is 0.329 e. The van der Waals surface area contributed by atoms with Gasteiger partial charge in [0.25, 0.3) is 0 Å². The summed E-state index contributed by atoms with van der Waals surface area (Å²) < 4.78 is 0. The van der Waals surface area contributed by atoms with Crippen LogP contribution in [0.2, 0.25) is 0 Å². The lowest BCUT2D eigenvalue weighted by atomic mass is 9.88. The fraction of sp³-hybridized carbons (Fsp3) is 0.857. The second-order valence-electron chi connectivity index (χ2n) is 5.81. The summed E-state index contributed by atoms with van der Waals surface area (Å²) in [6.45, 7) is 8.37. The first-order chi connectivity index (χ1) is 8.34. The fourth-order valence-corrected chi connectivity index (χ4v) is 2.79. The Balaban J connectivity index is 2.91. The topological polar surface area (TPSA) is 57.6 Å². The molecule has 2 atom stereocenters. The number of carbonyl (C=O) groups is 2. The molecule has 1 amide bonds. The maximum absolute atomic E-state index is 12.6. The van der Waals surface area contributed by atoms with Crippen molar-refractivity contribution in [2.75, 3.05) is 6.54 Å². The SMILES string of the molecule is CCCC(C(=O)N1CCCC1(C)C(=O)O)C(C)C. The Morgan fingerprint density at radius 3 is 2.44 bits per heavy atom. The molecule has 0 aromatic carbocycles. The zero-order chi connectivity index (χ0) is 13.9. The quantitative estimate of drug-likeness (QED) is 0.821. The highest BCUT2D eigenvalue weighted by Crippen LogP contribution is 2.33. The van der Waals surface area contributed by atoms with Crippen LogP contribution in [0.1, 0.15) is 53.4 Å². The third-order valence-corrected chi connectivity index (χ3v) is 4.09. The van der Waals surface area contributed by atoms with Crippen LogP contribution < -0.4 is 0 Å². The molecule has 1 aliphatic heterocycles. The first-order valence-corrected chi connectivity index (χ1v) is 6.89. The Morgan fingerprint density at radius 2 is 2.00 bits per heavy atom. The summed E-state index contributed by atoms with van der Waals surface area (Å²) in [4.78, 5) is 25.5. The number of hydrogen-bond donors (Lipinski definition) is 1. The second-order valence-corrected chi connectivity index (χ2v) is 5.81. The minimum Gasteiger partial charge on any atom is -0.480 e. The standard InChI is InChI=1S/C14H25NO3/c1-5-7-11(10(2)3)12(16)15-9-6-8-14(15,4)13(17)18/h10-11H,5-9H2,1-4H3,(H,17,18). The Morgan fingerprint density at radius 1 is 1.39 bits per heavy atom. The number of aliphatic carboxylic acids is 1. The van der Waals surface area contributed by atoms with E-state index < -0.39 is 11.5 Å². The van der Waals surface area contributed by atoms with Gasteiger partial charge in [-0.3, -0.25) is 4.79 Å². The molecule has 0 radical (unpaired) electrons. The van der Waals surface area contributed by atoms with Gasteiger partial charge < -0.3 is 10.0 Å². The first-order valence-electron chi connectivity index (χ1n) is 6.89. The summed E-state index contributed by atoms with van der Waals surface area (Å²) >= 11 is 0. The van der Waals surface area contributed by atoms with E-state index in [1.165, 1.54) is 0 Å². The van der Waals surface area contributed by atoms with E-state index in [-0.39, 0.29) is 17.7 Å². The molecule has 2 unspecified atom stereocenters. The van der Waals surface area contributed by atoms with Crippen molar-refractivity contribution in [2.24, 2.45) is 11.8 Å². The predicted molar refractivity (Wildman–Crippen MR) is 70.2 cm³/mol. The van der Waals surface area contributed by atoms with Crippen molar-refractivity contribution in [3.63, 3.8) is 0 Å². The zero-order valence-electron chi connectivity index (χ0n) is 11.9. The minimum absolute atomic E-state index is 0.0225. The normalized spacial score (nSPS) is 25.5. The van der Waals surface area contributed by atoms with Gasteiger partial charge in [-0.25, -0.2) is 4.79 Å². The number of carbonyl (C=O) groups excluding carboxylic acids is 1. The average molecular weight is 255 g/mol. The number of likely N-dealkylation sites (tertiary alicyclic amines) is 1. The average Bonchev–Trinajstić information content (AvgIpc) is 2.68. The lowest BCUT2D eigenvalue weighted by molar-refractivity contribution is -0.157. The van der Waals surface area contributed by atoms with Gasteiger partial charge in [0.2, 0.25) is 5.91 Å². The van der Waals surface area contributed by atoms with Gasteiger partial charge in [-0.15, -0.1) is 0 Å². The molecule has 1 fully saturated rings. The molecular formula is C14H25NO3. The maximum atomic E-state index is 12.6. The summed E-state index contributed by atoms with van der Waals surface area (Å²) in [6.07, 6.45) is 3.13. The number of carboxylic acid groups (broad SMARTS) is 1. The molecule has 0 spiro atoms. The van der Waals surface area contributed by atoms with Crippen LogP contribution in [0.15, 0.2) is 0 Å². The van der Waals surface area contributed by atoms with Crippen LogP contribution in [0.4, 0.5) is 0 Å². The minimum atomic E-state index is -1.00. The Labute approximate surface area is 109 Å². The van der Waals surface area contributed by atoms with E-state index in [4.69, 9.17) is 0 Å². The van der Waals surface area contributed by atoms with Crippen LogP contribution in [0.25, 0.3) is 0 Å². The Hall–Kier alpha value is -1.06. The summed E-state index contributed by atoms with van der Waals surface area (Å²) in [5.74, 6) is -0.649. The number of carboxylic acids is 1. The van der Waals surface area contributed by atoms with Gasteiger partial charge >= 0.3 is 5.97 Å². The third kappa shape index (κ3) is 2.68. The van der Waals surface area contributed by atoms with Crippen molar-refractivity contribution < 1.29 is 14.7 Å². The molecule has 18 heavy (non-hydrogen) atoms. The van der Waals surface area contributed by atoms with E-state index in [1.807, 2.05) is 13.8 Å². The summed E-state index contributed by atoms with van der Waals surface area (Å²) in [5.41, 5.74) is -1.00. The van der Waals surface area contributed by atoms with Crippen molar-refractivity contribution in [2.45, 2.75) is 58.9 Å². The first kappa shape index (κ1) is 15.0. The molecule has 104 valence electrons. The van der Waals surface area contributed by atoms with Crippen molar-refractivity contribution in [3.05, 3.63) is 0 Å². The van der Waals surface area contributed by atoms with Gasteiger partial charge in [-0.2, -0.15) is 0 Å². The monoisotopic (exact) mass is 255 g/mol. The molecule has 4 heteroatoms. The van der Waals surface area contributed by atoms with Crippen LogP contribution in [-0.4, -0.2) is 34.0 Å². The Kier molecular flexibility index (Phi) is 4.77. The maximum Gasteiger partial charge on any atom is 0.329 e. The summed E-state index contributed by atoms with van der Waals surface area (Å²) in [7, 11) is 0. The van der Waals surface area contributed by atoms with Gasteiger partial charge in [0.15, 0.2) is 0 Å². The molecule has 0 bridgehead atoms. The molecule has 4 nitrogen and oxygen atoms in total. The predicted octanol–water partition coefficient (Wildman–Crippen LogP) is 2.52. The van der Waals surface area contributed by atoms with Crippen molar-refractivity contribution in [3.8, 4) is 0 Å². The van der Waals surface area contributed by atoms with Crippen LogP contribution >= 0.6 is 0 Å². The highest BCUT2D eigenvalue weighted by molar-refractivity contribution is 5.88. The second kappa shape index (κ2) is 5.72. The van der Waals surface area contributed by atoms with E-state index in [1.54, 1.807) is 11.8 Å². The molecule has 0 aromatic heterocycles. The van der Waals surface area contributed by atoms with Crippen LogP contribution in [0.5, 0.6) is 0 Å². The van der Waals surface area contributed by atoms with Crippen molar-refractivity contribution in [1.82, 2.24) is 4.90 Å². The molecule has 1 saturated heterocycles. The highest BCUT2D eigenvalue weighted by atomic mass is 16.4. The molecule has 1 rings (SSSR count). The molecule has 0 aromatic rings.